The summed E-state index contributed by atoms with van der Waals surface area (Å²) in [4.78, 5) is 82.9. The summed E-state index contributed by atoms with van der Waals surface area (Å²) in [6, 6.07) is 0. The Kier molecular flexibility index (Phi) is 13.2. The van der Waals surface area contributed by atoms with Crippen molar-refractivity contribution in [3.63, 3.8) is 0 Å². The lowest BCUT2D eigenvalue weighted by atomic mass is 9.96. The molecule has 0 aromatic rings. The van der Waals surface area contributed by atoms with Crippen molar-refractivity contribution in [3.05, 3.63) is 0 Å². The van der Waals surface area contributed by atoms with Gasteiger partial charge in [-0.15, -0.1) is 0 Å². The van der Waals surface area contributed by atoms with E-state index < -0.39 is 117 Å². The Morgan fingerprint density at radius 2 is 0.932 bits per heavy atom. The quantitative estimate of drug-likeness (QED) is 0.186. The molecular weight excluding hydrogens is 602 g/mol. The van der Waals surface area contributed by atoms with Gasteiger partial charge in [-0.2, -0.15) is 0 Å². The van der Waals surface area contributed by atoms with Gasteiger partial charge in [-0.25, -0.2) is 4.79 Å². The van der Waals surface area contributed by atoms with E-state index in [9.17, 15) is 38.7 Å². The number of esters is 6. The molecule has 2 rings (SSSR count). The lowest BCUT2D eigenvalue weighted by molar-refractivity contribution is -0.362. The van der Waals surface area contributed by atoms with Crippen molar-refractivity contribution < 1.29 is 86.0 Å². The van der Waals surface area contributed by atoms with Crippen molar-refractivity contribution in [2.45, 2.75) is 103 Å². The Morgan fingerprint density at radius 3 is 1.36 bits per heavy atom. The van der Waals surface area contributed by atoms with Crippen molar-refractivity contribution in [1.82, 2.24) is 0 Å². The molecule has 10 atom stereocenters. The number of carbonyl (C=O) groups is 7. The lowest BCUT2D eigenvalue weighted by Crippen LogP contribution is -2.67. The molecular formula is C25H35NO18. The van der Waals surface area contributed by atoms with Gasteiger partial charge in [0, 0.05) is 41.5 Å². The highest BCUT2D eigenvalue weighted by molar-refractivity contribution is 5.69. The van der Waals surface area contributed by atoms with E-state index in [1.54, 1.807) is 0 Å². The molecule has 3 N–H and O–H groups in total. The molecule has 0 saturated carbocycles. The number of carbonyl (C=O) groups excluding carboxylic acids is 7. The average molecular weight is 638 g/mol. The van der Waals surface area contributed by atoms with Crippen molar-refractivity contribution in [1.29, 1.82) is 0 Å². The van der Waals surface area contributed by atoms with Crippen LogP contribution in [0.4, 0.5) is 4.79 Å². The fraction of sp³-hybridized carbons (Fsp3) is 0.720. The molecule has 248 valence electrons. The third-order valence-corrected chi connectivity index (χ3v) is 5.85. The van der Waals surface area contributed by atoms with Crippen LogP contribution in [0.5, 0.6) is 0 Å². The predicted octanol–water partition coefficient (Wildman–Crippen LogP) is -1.87. The number of aliphatic hydroxyl groups excluding tert-OH is 1. The van der Waals surface area contributed by atoms with Crippen LogP contribution in [0.25, 0.3) is 0 Å². The average Bonchev–Trinajstić information content (AvgIpc) is 2.87. The van der Waals surface area contributed by atoms with E-state index in [4.69, 9.17) is 53.1 Å². The molecule has 0 radical (unpaired) electrons. The monoisotopic (exact) mass is 637 g/mol. The number of amides is 1. The summed E-state index contributed by atoms with van der Waals surface area (Å²) in [6.45, 7) is 4.97. The van der Waals surface area contributed by atoms with E-state index in [1.165, 1.54) is 0 Å². The molecule has 44 heavy (non-hydrogen) atoms. The van der Waals surface area contributed by atoms with Gasteiger partial charge in [-0.1, -0.05) is 0 Å². The predicted molar refractivity (Wildman–Crippen MR) is 134 cm³/mol. The fourth-order valence-corrected chi connectivity index (χ4v) is 4.43. The Bertz CT molecular complexity index is 1090. The second-order valence-corrected chi connectivity index (χ2v) is 9.51. The Labute approximate surface area is 250 Å². The maximum Gasteiger partial charge on any atom is 0.405 e. The van der Waals surface area contributed by atoms with Gasteiger partial charge >= 0.3 is 41.9 Å². The van der Waals surface area contributed by atoms with Crippen molar-refractivity contribution >= 4 is 41.9 Å². The molecule has 19 nitrogen and oxygen atoms in total. The third kappa shape index (κ3) is 10.6. The molecule has 2 fully saturated rings. The number of nitrogens with two attached hydrogens (primary N) is 1. The number of primary amides is 1. The van der Waals surface area contributed by atoms with Crippen LogP contribution >= 0.6 is 0 Å². The molecule has 19 heteroatoms. The summed E-state index contributed by atoms with van der Waals surface area (Å²) in [5.74, 6) is -5.24. The molecule has 1 amide bonds. The largest absolute Gasteiger partial charge is 0.463 e. The third-order valence-electron chi connectivity index (χ3n) is 5.85. The van der Waals surface area contributed by atoms with E-state index in [-0.39, 0.29) is 0 Å². The Hall–Kier alpha value is -4.07. The first kappa shape index (κ1) is 36.1. The Balaban J connectivity index is 2.59. The van der Waals surface area contributed by atoms with Crippen molar-refractivity contribution in [3.8, 4) is 0 Å². The molecule has 0 spiro atoms. The highest BCUT2D eigenvalue weighted by Gasteiger charge is 2.57. The second-order valence-electron chi connectivity index (χ2n) is 9.51. The van der Waals surface area contributed by atoms with Crippen LogP contribution in [0.2, 0.25) is 0 Å². The van der Waals surface area contributed by atoms with Gasteiger partial charge in [-0.05, 0) is 0 Å². The molecule has 0 aromatic carbocycles. The van der Waals surface area contributed by atoms with Crippen LogP contribution in [-0.4, -0.2) is 122 Å². The van der Waals surface area contributed by atoms with Crippen LogP contribution in [0.3, 0.4) is 0 Å². The first-order valence-electron chi connectivity index (χ1n) is 13.1. The topological polar surface area (TPSA) is 258 Å². The van der Waals surface area contributed by atoms with Gasteiger partial charge in [0.2, 0.25) is 0 Å². The van der Waals surface area contributed by atoms with Gasteiger partial charge < -0.3 is 58.2 Å². The molecule has 2 saturated heterocycles. The zero-order valence-electron chi connectivity index (χ0n) is 24.7. The zero-order valence-corrected chi connectivity index (χ0v) is 24.7. The van der Waals surface area contributed by atoms with Crippen LogP contribution < -0.4 is 5.73 Å². The standard InChI is InChI=1S/C25H35NO18/c1-9(27)35-7-15-17(37-11(3)29)19(38-12(4)30)21(23(33)41-15)43-24-22(40-14(6)32)20(39-13(5)31)18(44-25(26)34)16(42-24)8-36-10(2)28/h15-24,33H,7-8H2,1-6H3,(H2,26,34)/t15-,16+,17+,18+,19-,20-,21-,22-,23?,24+/m0/s1. The summed E-state index contributed by atoms with van der Waals surface area (Å²) >= 11 is 0. The number of hydrogen-bond donors (Lipinski definition) is 2. The lowest BCUT2D eigenvalue weighted by Gasteiger charge is -2.47. The first-order chi connectivity index (χ1) is 20.5. The van der Waals surface area contributed by atoms with Crippen LogP contribution in [0, 0.1) is 0 Å². The van der Waals surface area contributed by atoms with Gasteiger partial charge in [-0.3, -0.25) is 28.8 Å². The summed E-state index contributed by atoms with van der Waals surface area (Å²) in [6.07, 6.45) is -18.2. The number of rotatable bonds is 11. The van der Waals surface area contributed by atoms with Gasteiger partial charge in [0.05, 0.1) is 0 Å². The highest BCUT2D eigenvalue weighted by Crippen LogP contribution is 2.34. The summed E-state index contributed by atoms with van der Waals surface area (Å²) in [7, 11) is 0. The molecule has 0 aromatic heterocycles. The van der Waals surface area contributed by atoms with Gasteiger partial charge in [0.1, 0.15) is 25.4 Å². The SMILES string of the molecule is CC(=O)OC[C@@H]1OC(O)[C@@H](O[C@H]2O[C@H](COC(C)=O)[C@@H](OC(N)=O)[C@H](OC(C)=O)[C@@H]2OC(C)=O)[C@@H](OC(C)=O)[C@@H]1OC(C)=O. The molecule has 0 aliphatic carbocycles. The highest BCUT2D eigenvalue weighted by atomic mass is 16.8. The van der Waals surface area contributed by atoms with Gasteiger partial charge in [0.15, 0.2) is 49.2 Å². The van der Waals surface area contributed by atoms with E-state index in [1.807, 2.05) is 0 Å². The maximum atomic E-state index is 12.1. The van der Waals surface area contributed by atoms with Crippen molar-refractivity contribution in [2.75, 3.05) is 13.2 Å². The van der Waals surface area contributed by atoms with Crippen LogP contribution in [-0.2, 0) is 76.1 Å². The number of ether oxygens (including phenoxy) is 10. The van der Waals surface area contributed by atoms with Crippen molar-refractivity contribution in [2.24, 2.45) is 5.73 Å². The molecule has 2 heterocycles. The Morgan fingerprint density at radius 1 is 0.545 bits per heavy atom. The number of hydrogen-bond acceptors (Lipinski definition) is 18. The molecule has 0 bridgehead atoms. The normalized spacial score (nSPS) is 31.4. The van der Waals surface area contributed by atoms with Gasteiger partial charge in [0.25, 0.3) is 0 Å². The van der Waals surface area contributed by atoms with E-state index in [2.05, 4.69) is 0 Å². The van der Waals surface area contributed by atoms with E-state index in [0.717, 1.165) is 41.5 Å². The molecule has 2 aliphatic heterocycles. The van der Waals surface area contributed by atoms with E-state index >= 15 is 0 Å². The minimum atomic E-state index is -2.01. The maximum absolute atomic E-state index is 12.1. The number of aliphatic hydroxyl groups is 1. The fourth-order valence-electron chi connectivity index (χ4n) is 4.43. The summed E-state index contributed by atoms with van der Waals surface area (Å²) < 4.78 is 53.4. The molecule has 2 aliphatic rings. The summed E-state index contributed by atoms with van der Waals surface area (Å²) in [5, 5.41) is 10.9. The van der Waals surface area contributed by atoms with E-state index in [0.29, 0.717) is 0 Å². The summed E-state index contributed by atoms with van der Waals surface area (Å²) in [5.41, 5.74) is 5.18. The zero-order chi connectivity index (χ0) is 33.3. The minimum absolute atomic E-state index is 0.546. The second kappa shape index (κ2) is 16.1. The first-order valence-corrected chi connectivity index (χ1v) is 13.1. The van der Waals surface area contributed by atoms with Crippen LogP contribution in [0.15, 0.2) is 0 Å². The molecule has 1 unspecified atom stereocenters. The smallest absolute Gasteiger partial charge is 0.405 e. The minimum Gasteiger partial charge on any atom is -0.463 e. The van der Waals surface area contributed by atoms with Crippen LogP contribution in [0.1, 0.15) is 41.5 Å².